The number of rotatable bonds is 7. The Balaban J connectivity index is 1.55. The van der Waals surface area contributed by atoms with E-state index < -0.39 is 0 Å². The molecule has 5 rings (SSSR count). The van der Waals surface area contributed by atoms with Gasteiger partial charge in [0.05, 0.1) is 5.52 Å². The molecule has 168 valence electrons. The maximum Gasteiger partial charge on any atom is 0.230 e. The predicted octanol–water partition coefficient (Wildman–Crippen LogP) is 5.68. The quantitative estimate of drug-likeness (QED) is 0.368. The second kappa shape index (κ2) is 8.98. The first-order chi connectivity index (χ1) is 16.1. The third-order valence-electron chi connectivity index (χ3n) is 6.06. The monoisotopic (exact) mass is 444 g/mol. The number of nitrogens with zero attached hydrogens (tertiary/aromatic N) is 2. The van der Waals surface area contributed by atoms with Crippen LogP contribution in [0.2, 0.25) is 0 Å². The van der Waals surface area contributed by atoms with Crippen molar-refractivity contribution in [3.63, 3.8) is 0 Å². The number of hydrogen-bond donors (Lipinski definition) is 0. The van der Waals surface area contributed by atoms with E-state index in [0.717, 1.165) is 39.2 Å². The number of fused-ring (bicyclic) bond motifs is 1. The van der Waals surface area contributed by atoms with Gasteiger partial charge in [0.15, 0.2) is 11.9 Å². The van der Waals surface area contributed by atoms with Crippen LogP contribution >= 0.6 is 0 Å². The average molecular weight is 445 g/mol. The molecule has 1 unspecified atom stereocenters. The molecule has 2 aromatic heterocycles. The van der Waals surface area contributed by atoms with Crippen molar-refractivity contribution in [2.45, 2.75) is 32.9 Å². The average Bonchev–Trinajstić information content (AvgIpc) is 3.45. The summed E-state index contributed by atoms with van der Waals surface area (Å²) in [4.78, 5) is 4.64. The van der Waals surface area contributed by atoms with Gasteiger partial charge in [-0.15, -0.1) is 0 Å². The lowest BCUT2D eigenvalue weighted by molar-refractivity contribution is 0.0559. The highest BCUT2D eigenvalue weighted by atomic mass is 19.1. The molecule has 0 radical (unpaired) electrons. The summed E-state index contributed by atoms with van der Waals surface area (Å²) in [7, 11) is 0. The number of pyridine rings is 1. The summed E-state index contributed by atoms with van der Waals surface area (Å²) in [6, 6.07) is 18.6. The van der Waals surface area contributed by atoms with Gasteiger partial charge in [0.1, 0.15) is 23.3 Å². The third kappa shape index (κ3) is 4.29. The maximum absolute atomic E-state index is 13.4. The highest BCUT2D eigenvalue weighted by Gasteiger charge is 2.25. The molecule has 33 heavy (non-hydrogen) atoms. The van der Waals surface area contributed by atoms with E-state index in [2.05, 4.69) is 35.5 Å². The standard InChI is InChI=1S/C27H25FN2O3/c1-18-19(2)30(15-21-8-10-22(28)11-9-21)27-23(12-13-29-26(18)27)33-24(25-16-31-17-32-25)14-20-6-4-3-5-7-20/h3-13,16,24H,14-15,17H2,1-2H3. The first-order valence-corrected chi connectivity index (χ1v) is 10.9. The molecule has 1 aliphatic rings. The van der Waals surface area contributed by atoms with Crippen LogP contribution in [0.25, 0.3) is 11.0 Å². The van der Waals surface area contributed by atoms with Crippen LogP contribution in [0.3, 0.4) is 0 Å². The SMILES string of the molecule is Cc1c(C)n(Cc2ccc(F)cc2)c2c(OC(Cc3ccccc3)C3=COCO3)ccnc12. The molecule has 0 aliphatic carbocycles. The fourth-order valence-corrected chi connectivity index (χ4v) is 4.18. The number of aromatic nitrogens is 2. The largest absolute Gasteiger partial charge is 0.480 e. The van der Waals surface area contributed by atoms with Crippen LogP contribution < -0.4 is 4.74 Å². The zero-order valence-electron chi connectivity index (χ0n) is 18.6. The molecule has 1 aliphatic heterocycles. The molecule has 0 fully saturated rings. The fraction of sp³-hybridized carbons (Fsp3) is 0.222. The Hall–Kier alpha value is -3.80. The Morgan fingerprint density at radius 1 is 1.03 bits per heavy atom. The predicted molar refractivity (Wildman–Crippen MR) is 124 cm³/mol. The van der Waals surface area contributed by atoms with Crippen molar-refractivity contribution < 1.29 is 18.6 Å². The number of benzene rings is 2. The molecule has 3 heterocycles. The van der Waals surface area contributed by atoms with Crippen LogP contribution in [-0.4, -0.2) is 22.4 Å². The van der Waals surface area contributed by atoms with Gasteiger partial charge < -0.3 is 18.8 Å². The first kappa shape index (κ1) is 21.1. The highest BCUT2D eigenvalue weighted by Crippen LogP contribution is 2.33. The minimum absolute atomic E-state index is 0.189. The lowest BCUT2D eigenvalue weighted by atomic mass is 10.1. The summed E-state index contributed by atoms with van der Waals surface area (Å²) in [6.07, 6.45) is 3.68. The van der Waals surface area contributed by atoms with E-state index in [-0.39, 0.29) is 18.7 Å². The Kier molecular flexibility index (Phi) is 5.73. The maximum atomic E-state index is 13.4. The van der Waals surface area contributed by atoms with Crippen molar-refractivity contribution in [2.24, 2.45) is 0 Å². The van der Waals surface area contributed by atoms with Gasteiger partial charge in [-0.25, -0.2) is 4.39 Å². The van der Waals surface area contributed by atoms with Crippen molar-refractivity contribution in [2.75, 3.05) is 6.79 Å². The summed E-state index contributed by atoms with van der Waals surface area (Å²) in [5.74, 6) is 1.13. The van der Waals surface area contributed by atoms with Crippen LogP contribution in [0.1, 0.15) is 22.4 Å². The molecule has 0 bridgehead atoms. The smallest absolute Gasteiger partial charge is 0.230 e. The van der Waals surface area contributed by atoms with Crippen molar-refractivity contribution in [3.05, 3.63) is 107 Å². The van der Waals surface area contributed by atoms with Crippen LogP contribution in [0.4, 0.5) is 4.39 Å². The van der Waals surface area contributed by atoms with E-state index in [9.17, 15) is 4.39 Å². The van der Waals surface area contributed by atoms with Gasteiger partial charge in [-0.1, -0.05) is 42.5 Å². The van der Waals surface area contributed by atoms with Crippen molar-refractivity contribution >= 4 is 11.0 Å². The molecule has 0 spiro atoms. The van der Waals surface area contributed by atoms with Gasteiger partial charge in [-0.3, -0.25) is 4.98 Å². The molecule has 0 saturated carbocycles. The second-order valence-corrected chi connectivity index (χ2v) is 8.17. The molecular weight excluding hydrogens is 419 g/mol. The molecule has 1 atom stereocenters. The number of halogens is 1. The second-order valence-electron chi connectivity index (χ2n) is 8.17. The lowest BCUT2D eigenvalue weighted by Crippen LogP contribution is -2.23. The van der Waals surface area contributed by atoms with Crippen molar-refractivity contribution in [1.29, 1.82) is 0 Å². The summed E-state index contributed by atoms with van der Waals surface area (Å²) in [5.41, 5.74) is 6.13. The first-order valence-electron chi connectivity index (χ1n) is 10.9. The Bertz CT molecular complexity index is 1300. The van der Waals surface area contributed by atoms with Crippen LogP contribution in [0.5, 0.6) is 5.75 Å². The Labute approximate surface area is 192 Å². The molecule has 0 N–H and O–H groups in total. The van der Waals surface area contributed by atoms with Gasteiger partial charge in [0.2, 0.25) is 6.79 Å². The zero-order chi connectivity index (χ0) is 22.8. The van der Waals surface area contributed by atoms with Gasteiger partial charge in [0, 0.05) is 30.9 Å². The highest BCUT2D eigenvalue weighted by molar-refractivity contribution is 5.86. The molecule has 4 aromatic rings. The number of aryl methyl sites for hydroxylation is 1. The van der Waals surface area contributed by atoms with Crippen LogP contribution in [-0.2, 0) is 22.4 Å². The lowest BCUT2D eigenvalue weighted by Gasteiger charge is -2.20. The van der Waals surface area contributed by atoms with Crippen molar-refractivity contribution in [3.8, 4) is 5.75 Å². The molecular formula is C27H25FN2O3. The molecule has 6 heteroatoms. The van der Waals surface area contributed by atoms with E-state index >= 15 is 0 Å². The number of hydrogen-bond acceptors (Lipinski definition) is 4. The third-order valence-corrected chi connectivity index (χ3v) is 6.06. The van der Waals surface area contributed by atoms with Gasteiger partial charge in [-0.2, -0.15) is 0 Å². The normalized spacial score (nSPS) is 14.0. The summed E-state index contributed by atoms with van der Waals surface area (Å²) < 4.78 is 33.2. The zero-order valence-corrected chi connectivity index (χ0v) is 18.6. The van der Waals surface area contributed by atoms with E-state index in [4.69, 9.17) is 14.2 Å². The molecule has 0 saturated heterocycles. The summed E-state index contributed by atoms with van der Waals surface area (Å²) in [6.45, 7) is 4.91. The molecule has 2 aromatic carbocycles. The van der Waals surface area contributed by atoms with Gasteiger partial charge >= 0.3 is 0 Å². The Morgan fingerprint density at radius 2 is 1.82 bits per heavy atom. The molecule has 0 amide bonds. The van der Waals surface area contributed by atoms with Gasteiger partial charge in [-0.05, 0) is 42.7 Å². The van der Waals surface area contributed by atoms with E-state index in [0.29, 0.717) is 18.7 Å². The van der Waals surface area contributed by atoms with E-state index in [1.54, 1.807) is 24.6 Å². The van der Waals surface area contributed by atoms with E-state index in [1.165, 1.54) is 12.1 Å². The van der Waals surface area contributed by atoms with E-state index in [1.807, 2.05) is 24.3 Å². The van der Waals surface area contributed by atoms with Crippen LogP contribution in [0.15, 0.2) is 78.9 Å². The minimum Gasteiger partial charge on any atom is -0.480 e. The molecule has 5 nitrogen and oxygen atoms in total. The topological polar surface area (TPSA) is 45.5 Å². The summed E-state index contributed by atoms with van der Waals surface area (Å²) >= 11 is 0. The summed E-state index contributed by atoms with van der Waals surface area (Å²) in [5, 5.41) is 0. The number of ether oxygens (including phenoxy) is 3. The van der Waals surface area contributed by atoms with Crippen molar-refractivity contribution in [1.82, 2.24) is 9.55 Å². The minimum atomic E-state index is -0.352. The van der Waals surface area contributed by atoms with Crippen LogP contribution in [0, 0.1) is 19.7 Å². The van der Waals surface area contributed by atoms with Gasteiger partial charge in [0.25, 0.3) is 0 Å². The fourth-order valence-electron chi connectivity index (χ4n) is 4.18. The Morgan fingerprint density at radius 3 is 2.55 bits per heavy atom.